The third-order valence-corrected chi connectivity index (χ3v) is 2.54. The number of nitrogens with one attached hydrogen (secondary N) is 1. The fraction of sp³-hybridized carbons (Fsp3) is 0.917. The van der Waals surface area contributed by atoms with Crippen LogP contribution in [0.2, 0.25) is 0 Å². The minimum Gasteiger partial charge on any atom is -0.355 e. The Morgan fingerprint density at radius 3 is 2.56 bits per heavy atom. The molecule has 0 saturated carbocycles. The highest BCUT2D eigenvalue weighted by atomic mass is 16.2. The van der Waals surface area contributed by atoms with Crippen molar-refractivity contribution in [2.24, 2.45) is 5.73 Å². The Bertz CT molecular complexity index is 183. The molecule has 0 aromatic carbocycles. The Morgan fingerprint density at radius 1 is 1.31 bits per heavy atom. The third kappa shape index (κ3) is 8.68. The van der Waals surface area contributed by atoms with E-state index in [9.17, 15) is 4.79 Å². The first kappa shape index (κ1) is 15.4. The molecule has 0 saturated heterocycles. The van der Waals surface area contributed by atoms with Gasteiger partial charge in [-0.25, -0.2) is 0 Å². The second-order valence-corrected chi connectivity index (χ2v) is 4.55. The zero-order valence-electron chi connectivity index (χ0n) is 11.0. The number of rotatable bonds is 9. The maximum absolute atomic E-state index is 11.5. The number of carbonyl (C=O) groups excluding carboxylic acids is 1. The lowest BCUT2D eigenvalue weighted by Crippen LogP contribution is -2.40. The van der Waals surface area contributed by atoms with E-state index in [1.807, 2.05) is 0 Å². The second-order valence-electron chi connectivity index (χ2n) is 4.55. The van der Waals surface area contributed by atoms with Crippen LogP contribution in [0, 0.1) is 0 Å². The Balaban J connectivity index is 3.42. The largest absolute Gasteiger partial charge is 0.355 e. The van der Waals surface area contributed by atoms with Crippen LogP contribution in [0.1, 0.15) is 39.0 Å². The van der Waals surface area contributed by atoms with Crippen molar-refractivity contribution in [3.8, 4) is 0 Å². The van der Waals surface area contributed by atoms with Gasteiger partial charge in [0.1, 0.15) is 0 Å². The Kier molecular flexibility index (Phi) is 9.24. The number of hydrogen-bond acceptors (Lipinski definition) is 3. The van der Waals surface area contributed by atoms with E-state index in [0.29, 0.717) is 0 Å². The predicted octanol–water partition coefficient (Wildman–Crippen LogP) is 0.962. The van der Waals surface area contributed by atoms with Crippen molar-refractivity contribution in [3.63, 3.8) is 0 Å². The molecule has 0 aromatic rings. The Hall–Kier alpha value is -0.610. The average molecular weight is 229 g/mol. The number of amides is 1. The highest BCUT2D eigenvalue weighted by Gasteiger charge is 2.11. The van der Waals surface area contributed by atoms with E-state index < -0.39 is 0 Å². The topological polar surface area (TPSA) is 58.4 Å². The molecule has 1 amide bonds. The third-order valence-electron chi connectivity index (χ3n) is 2.54. The summed E-state index contributed by atoms with van der Waals surface area (Å²) in [6, 6.07) is -0.325. The number of nitrogens with zero attached hydrogens (tertiary/aromatic N) is 1. The van der Waals surface area contributed by atoms with Gasteiger partial charge < -0.3 is 16.0 Å². The lowest BCUT2D eigenvalue weighted by molar-refractivity contribution is -0.122. The van der Waals surface area contributed by atoms with E-state index >= 15 is 0 Å². The molecule has 0 fully saturated rings. The molecule has 96 valence electrons. The molecule has 0 aliphatic carbocycles. The highest BCUT2D eigenvalue weighted by Crippen LogP contribution is 1.98. The van der Waals surface area contributed by atoms with Crippen LogP contribution < -0.4 is 11.1 Å². The number of nitrogens with two attached hydrogens (primary N) is 1. The smallest absolute Gasteiger partial charge is 0.236 e. The van der Waals surface area contributed by atoms with Crippen molar-refractivity contribution in [2.75, 3.05) is 27.2 Å². The molecular formula is C12H27N3O. The summed E-state index contributed by atoms with van der Waals surface area (Å²) in [4.78, 5) is 13.6. The van der Waals surface area contributed by atoms with Gasteiger partial charge in [-0.1, -0.05) is 19.8 Å². The van der Waals surface area contributed by atoms with Crippen LogP contribution in [0.3, 0.4) is 0 Å². The van der Waals surface area contributed by atoms with Crippen molar-refractivity contribution in [1.82, 2.24) is 10.2 Å². The molecule has 0 aliphatic heterocycles. The van der Waals surface area contributed by atoms with E-state index in [4.69, 9.17) is 5.73 Å². The minimum absolute atomic E-state index is 0.00157. The van der Waals surface area contributed by atoms with Crippen LogP contribution in [0.25, 0.3) is 0 Å². The molecule has 0 radical (unpaired) electrons. The molecule has 3 N–H and O–H groups in total. The molecule has 0 bridgehead atoms. The summed E-state index contributed by atoms with van der Waals surface area (Å²) in [6.07, 6.45) is 5.03. The monoisotopic (exact) mass is 229 g/mol. The fourth-order valence-corrected chi connectivity index (χ4v) is 1.45. The van der Waals surface area contributed by atoms with Crippen LogP contribution in [0.5, 0.6) is 0 Å². The number of unbranched alkanes of at least 4 members (excludes halogenated alkanes) is 2. The Labute approximate surface area is 99.6 Å². The molecule has 0 spiro atoms. The van der Waals surface area contributed by atoms with Crippen LogP contribution in [-0.4, -0.2) is 44.0 Å². The highest BCUT2D eigenvalue weighted by molar-refractivity contribution is 5.81. The van der Waals surface area contributed by atoms with E-state index in [0.717, 1.165) is 45.2 Å². The first-order chi connectivity index (χ1) is 7.57. The van der Waals surface area contributed by atoms with Gasteiger partial charge in [-0.2, -0.15) is 0 Å². The van der Waals surface area contributed by atoms with Gasteiger partial charge in [0.2, 0.25) is 5.91 Å². The molecule has 0 rings (SSSR count). The summed E-state index contributed by atoms with van der Waals surface area (Å²) in [7, 11) is 4.11. The van der Waals surface area contributed by atoms with Gasteiger partial charge in [0.05, 0.1) is 6.04 Å². The van der Waals surface area contributed by atoms with Gasteiger partial charge in [0, 0.05) is 6.54 Å². The summed E-state index contributed by atoms with van der Waals surface area (Å²) in [5.74, 6) is -0.00157. The lowest BCUT2D eigenvalue weighted by atomic mass is 10.1. The van der Waals surface area contributed by atoms with Crippen molar-refractivity contribution >= 4 is 5.91 Å². The first-order valence-electron chi connectivity index (χ1n) is 6.26. The van der Waals surface area contributed by atoms with Crippen molar-refractivity contribution in [2.45, 2.75) is 45.1 Å². The summed E-state index contributed by atoms with van der Waals surface area (Å²) >= 11 is 0. The van der Waals surface area contributed by atoms with Crippen LogP contribution >= 0.6 is 0 Å². The predicted molar refractivity (Wildman–Crippen MR) is 68.3 cm³/mol. The van der Waals surface area contributed by atoms with Gasteiger partial charge in [0.15, 0.2) is 0 Å². The van der Waals surface area contributed by atoms with Crippen LogP contribution in [0.4, 0.5) is 0 Å². The molecule has 1 atom stereocenters. The van der Waals surface area contributed by atoms with E-state index in [-0.39, 0.29) is 11.9 Å². The molecule has 0 heterocycles. The maximum atomic E-state index is 11.5. The van der Waals surface area contributed by atoms with E-state index in [1.165, 1.54) is 0 Å². The molecule has 4 nitrogen and oxygen atoms in total. The molecule has 1 unspecified atom stereocenters. The first-order valence-corrected chi connectivity index (χ1v) is 6.26. The SMILES string of the molecule is CCCCC(N)C(=O)NCCCCN(C)C. The molecule has 0 aliphatic rings. The normalized spacial score (nSPS) is 12.8. The Morgan fingerprint density at radius 2 is 2.00 bits per heavy atom. The van der Waals surface area contributed by atoms with Crippen LogP contribution in [0.15, 0.2) is 0 Å². The molecule has 0 aromatic heterocycles. The van der Waals surface area contributed by atoms with Gasteiger partial charge in [-0.15, -0.1) is 0 Å². The zero-order valence-corrected chi connectivity index (χ0v) is 11.0. The number of hydrogen-bond donors (Lipinski definition) is 2. The minimum atomic E-state index is -0.325. The average Bonchev–Trinajstić information content (AvgIpc) is 2.24. The van der Waals surface area contributed by atoms with Crippen molar-refractivity contribution < 1.29 is 4.79 Å². The fourth-order valence-electron chi connectivity index (χ4n) is 1.45. The number of carbonyl (C=O) groups is 1. The van der Waals surface area contributed by atoms with Gasteiger partial charge in [0.25, 0.3) is 0 Å². The molecular weight excluding hydrogens is 202 g/mol. The molecule has 4 heteroatoms. The summed E-state index contributed by atoms with van der Waals surface area (Å²) < 4.78 is 0. The quantitative estimate of drug-likeness (QED) is 0.579. The van der Waals surface area contributed by atoms with Crippen molar-refractivity contribution in [3.05, 3.63) is 0 Å². The van der Waals surface area contributed by atoms with Gasteiger partial charge in [-0.3, -0.25) is 4.79 Å². The van der Waals surface area contributed by atoms with Gasteiger partial charge in [-0.05, 0) is 39.9 Å². The van der Waals surface area contributed by atoms with E-state index in [1.54, 1.807) is 0 Å². The second kappa shape index (κ2) is 9.60. The van der Waals surface area contributed by atoms with Crippen molar-refractivity contribution in [1.29, 1.82) is 0 Å². The van der Waals surface area contributed by atoms with E-state index in [2.05, 4.69) is 31.2 Å². The summed E-state index contributed by atoms with van der Waals surface area (Å²) in [5, 5.41) is 2.88. The summed E-state index contributed by atoms with van der Waals surface area (Å²) in [5.41, 5.74) is 5.75. The standard InChI is InChI=1S/C12H27N3O/c1-4-5-8-11(13)12(16)14-9-6-7-10-15(2)3/h11H,4-10,13H2,1-3H3,(H,14,16). The summed E-state index contributed by atoms with van der Waals surface area (Å²) in [6.45, 7) is 3.91. The van der Waals surface area contributed by atoms with Crippen LogP contribution in [-0.2, 0) is 4.79 Å². The lowest BCUT2D eigenvalue weighted by Gasteiger charge is -2.12. The zero-order chi connectivity index (χ0) is 12.4. The van der Waals surface area contributed by atoms with Gasteiger partial charge >= 0.3 is 0 Å². The maximum Gasteiger partial charge on any atom is 0.236 e. The molecule has 16 heavy (non-hydrogen) atoms.